The van der Waals surface area contributed by atoms with Crippen LogP contribution in [0.2, 0.25) is 0 Å². The molecule has 2 heterocycles. The number of hydrogen-bond donors (Lipinski definition) is 0. The van der Waals surface area contributed by atoms with Crippen LogP contribution in [0.1, 0.15) is 22.4 Å². The monoisotopic (exact) mass is 376 g/mol. The minimum Gasteiger partial charge on any atom is -0.486 e. The number of hydrogen-bond acceptors (Lipinski definition) is 4. The van der Waals surface area contributed by atoms with Crippen molar-refractivity contribution in [3.8, 4) is 11.5 Å². The Hall–Kier alpha value is -3.08. The lowest BCUT2D eigenvalue weighted by Gasteiger charge is -2.22. The van der Waals surface area contributed by atoms with E-state index in [0.29, 0.717) is 26.2 Å². The van der Waals surface area contributed by atoms with Gasteiger partial charge in [0, 0.05) is 24.7 Å². The highest BCUT2D eigenvalue weighted by Crippen LogP contribution is 2.31. The number of nitrogens with zero attached hydrogens (tertiary/aromatic N) is 2. The number of aryl methyl sites for hydroxylation is 2. The number of pyridine rings is 1. The van der Waals surface area contributed by atoms with Crippen LogP contribution >= 0.6 is 0 Å². The van der Waals surface area contributed by atoms with Gasteiger partial charge >= 0.3 is 0 Å². The first kappa shape index (κ1) is 18.3. The van der Waals surface area contributed by atoms with Crippen LogP contribution in [0.15, 0.2) is 42.5 Å². The van der Waals surface area contributed by atoms with Crippen molar-refractivity contribution in [3.63, 3.8) is 0 Å². The van der Waals surface area contributed by atoms with E-state index < -0.39 is 0 Å². The molecule has 0 spiro atoms. The maximum atomic E-state index is 12.9. The molecule has 28 heavy (non-hydrogen) atoms. The van der Waals surface area contributed by atoms with Gasteiger partial charge in [0.25, 0.3) is 0 Å². The number of carbonyl (C=O) groups is 1. The molecule has 1 aliphatic rings. The average Bonchev–Trinajstić information content (AvgIpc) is 2.70. The molecule has 1 aromatic heterocycles. The van der Waals surface area contributed by atoms with Crippen molar-refractivity contribution in [1.29, 1.82) is 0 Å². The lowest BCUT2D eigenvalue weighted by atomic mass is 9.99. The predicted molar refractivity (Wildman–Crippen MR) is 109 cm³/mol. The zero-order valence-electron chi connectivity index (χ0n) is 16.5. The quantitative estimate of drug-likeness (QED) is 0.695. The van der Waals surface area contributed by atoms with E-state index in [1.807, 2.05) is 50.4 Å². The second-order valence-electron chi connectivity index (χ2n) is 7.22. The van der Waals surface area contributed by atoms with Gasteiger partial charge < -0.3 is 14.4 Å². The minimum atomic E-state index is 0.0678. The molecule has 5 heteroatoms. The highest BCUT2D eigenvalue weighted by atomic mass is 16.6. The van der Waals surface area contributed by atoms with E-state index in [9.17, 15) is 4.79 Å². The Morgan fingerprint density at radius 1 is 1.07 bits per heavy atom. The van der Waals surface area contributed by atoms with Gasteiger partial charge in [-0.2, -0.15) is 0 Å². The second kappa shape index (κ2) is 7.50. The molecule has 0 saturated heterocycles. The molecule has 0 unspecified atom stereocenters. The molecular weight excluding hydrogens is 352 g/mol. The van der Waals surface area contributed by atoms with Gasteiger partial charge in [-0.1, -0.05) is 24.3 Å². The largest absolute Gasteiger partial charge is 0.486 e. The van der Waals surface area contributed by atoms with E-state index in [1.54, 1.807) is 4.90 Å². The number of para-hydroxylation sites is 1. The number of carbonyl (C=O) groups excluding carboxylic acids is 1. The molecule has 0 atom stereocenters. The number of likely N-dealkylation sites (N-methyl/N-ethyl adjacent to an activating group) is 1. The molecule has 1 aliphatic heterocycles. The fraction of sp³-hybridized carbons (Fsp3) is 0.304. The van der Waals surface area contributed by atoms with Gasteiger partial charge in [-0.05, 0) is 48.7 Å². The third kappa shape index (κ3) is 3.52. The van der Waals surface area contributed by atoms with Gasteiger partial charge in [0.05, 0.1) is 11.9 Å². The van der Waals surface area contributed by atoms with E-state index in [1.165, 1.54) is 0 Å². The van der Waals surface area contributed by atoms with Crippen molar-refractivity contribution in [2.24, 2.45) is 0 Å². The standard InChI is InChI=1S/C23H24N2O3/c1-15-18-6-4-5-7-20(18)24-16(2)19(15)13-23(26)25(3)14-17-8-9-21-22(12-17)28-11-10-27-21/h4-9,12H,10-11,13-14H2,1-3H3. The summed E-state index contributed by atoms with van der Waals surface area (Å²) in [5.74, 6) is 1.57. The Kier molecular flexibility index (Phi) is 4.90. The lowest BCUT2D eigenvalue weighted by Crippen LogP contribution is -2.28. The van der Waals surface area contributed by atoms with Crippen LogP contribution in [0.4, 0.5) is 0 Å². The van der Waals surface area contributed by atoms with Gasteiger partial charge in [0.2, 0.25) is 5.91 Å². The van der Waals surface area contributed by atoms with E-state index in [4.69, 9.17) is 9.47 Å². The number of benzene rings is 2. The van der Waals surface area contributed by atoms with E-state index >= 15 is 0 Å². The number of rotatable bonds is 4. The number of amides is 1. The summed E-state index contributed by atoms with van der Waals surface area (Å²) in [5.41, 5.74) is 5.04. The summed E-state index contributed by atoms with van der Waals surface area (Å²) in [4.78, 5) is 19.3. The van der Waals surface area contributed by atoms with E-state index in [2.05, 4.69) is 18.0 Å². The first-order valence-corrected chi connectivity index (χ1v) is 9.50. The van der Waals surface area contributed by atoms with Crippen LogP contribution in [0.25, 0.3) is 10.9 Å². The number of aromatic nitrogens is 1. The van der Waals surface area contributed by atoms with Crippen molar-refractivity contribution in [3.05, 3.63) is 64.8 Å². The summed E-state index contributed by atoms with van der Waals surface area (Å²) in [7, 11) is 1.83. The van der Waals surface area contributed by atoms with Crippen LogP contribution in [0.3, 0.4) is 0 Å². The fourth-order valence-corrected chi connectivity index (χ4v) is 3.67. The van der Waals surface area contributed by atoms with Crippen LogP contribution in [0.5, 0.6) is 11.5 Å². The Labute approximate surface area is 164 Å². The molecule has 0 saturated carbocycles. The molecule has 4 rings (SSSR count). The highest BCUT2D eigenvalue weighted by Gasteiger charge is 2.17. The van der Waals surface area contributed by atoms with Gasteiger partial charge in [-0.25, -0.2) is 0 Å². The average molecular weight is 376 g/mol. The number of ether oxygens (including phenoxy) is 2. The zero-order valence-corrected chi connectivity index (χ0v) is 16.5. The van der Waals surface area contributed by atoms with Crippen molar-refractivity contribution >= 4 is 16.8 Å². The van der Waals surface area contributed by atoms with Gasteiger partial charge in [0.1, 0.15) is 13.2 Å². The Morgan fingerprint density at radius 2 is 1.82 bits per heavy atom. The first-order chi connectivity index (χ1) is 13.5. The lowest BCUT2D eigenvalue weighted by molar-refractivity contribution is -0.129. The molecule has 2 aromatic carbocycles. The van der Waals surface area contributed by atoms with Crippen molar-refractivity contribution < 1.29 is 14.3 Å². The Morgan fingerprint density at radius 3 is 2.64 bits per heavy atom. The second-order valence-corrected chi connectivity index (χ2v) is 7.22. The molecular formula is C23H24N2O3. The predicted octanol–water partition coefficient (Wildman–Crippen LogP) is 3.82. The van der Waals surface area contributed by atoms with Crippen molar-refractivity contribution in [2.75, 3.05) is 20.3 Å². The molecule has 3 aromatic rings. The third-order valence-corrected chi connectivity index (χ3v) is 5.27. The molecule has 0 fully saturated rings. The molecule has 0 radical (unpaired) electrons. The van der Waals surface area contributed by atoms with Crippen molar-refractivity contribution in [2.45, 2.75) is 26.8 Å². The normalized spacial score (nSPS) is 12.8. The highest BCUT2D eigenvalue weighted by molar-refractivity contribution is 5.86. The summed E-state index contributed by atoms with van der Waals surface area (Å²) in [5, 5.41) is 1.10. The molecule has 0 N–H and O–H groups in total. The van der Waals surface area contributed by atoms with E-state index in [0.717, 1.165) is 44.8 Å². The van der Waals surface area contributed by atoms with Crippen LogP contribution in [-0.2, 0) is 17.8 Å². The maximum absolute atomic E-state index is 12.9. The maximum Gasteiger partial charge on any atom is 0.227 e. The fourth-order valence-electron chi connectivity index (χ4n) is 3.67. The smallest absolute Gasteiger partial charge is 0.227 e. The topological polar surface area (TPSA) is 51.7 Å². The minimum absolute atomic E-state index is 0.0678. The van der Waals surface area contributed by atoms with Crippen LogP contribution in [0, 0.1) is 13.8 Å². The number of fused-ring (bicyclic) bond motifs is 2. The Balaban J connectivity index is 1.51. The van der Waals surface area contributed by atoms with Gasteiger partial charge in [-0.15, -0.1) is 0 Å². The molecule has 1 amide bonds. The molecule has 0 bridgehead atoms. The van der Waals surface area contributed by atoms with E-state index in [-0.39, 0.29) is 5.91 Å². The first-order valence-electron chi connectivity index (χ1n) is 9.50. The molecule has 144 valence electrons. The third-order valence-electron chi connectivity index (χ3n) is 5.27. The van der Waals surface area contributed by atoms with Crippen molar-refractivity contribution in [1.82, 2.24) is 9.88 Å². The van der Waals surface area contributed by atoms with Gasteiger partial charge in [0.15, 0.2) is 11.5 Å². The molecule has 5 nitrogen and oxygen atoms in total. The summed E-state index contributed by atoms with van der Waals surface area (Å²) in [6, 6.07) is 13.9. The summed E-state index contributed by atoms with van der Waals surface area (Å²) in [6.45, 7) is 5.69. The Bertz CT molecular complexity index is 1050. The summed E-state index contributed by atoms with van der Waals surface area (Å²) < 4.78 is 11.2. The molecule has 0 aliphatic carbocycles. The summed E-state index contributed by atoms with van der Waals surface area (Å²) in [6.07, 6.45) is 0.344. The van der Waals surface area contributed by atoms with Gasteiger partial charge in [-0.3, -0.25) is 9.78 Å². The van der Waals surface area contributed by atoms with Crippen LogP contribution < -0.4 is 9.47 Å². The summed E-state index contributed by atoms with van der Waals surface area (Å²) >= 11 is 0. The SMILES string of the molecule is Cc1nc2ccccc2c(C)c1CC(=O)N(C)Cc1ccc2c(c1)OCCO2. The zero-order chi connectivity index (χ0) is 19.7. The van der Waals surface area contributed by atoms with Crippen LogP contribution in [-0.4, -0.2) is 36.1 Å².